The van der Waals surface area contributed by atoms with Crippen LogP contribution in [0.3, 0.4) is 0 Å². The molecule has 0 radical (unpaired) electrons. The Kier molecular flexibility index (Phi) is 5.92. The lowest BCUT2D eigenvalue weighted by Crippen LogP contribution is -2.34. The van der Waals surface area contributed by atoms with Gasteiger partial charge in [-0.15, -0.1) is 0 Å². The highest BCUT2D eigenvalue weighted by Crippen LogP contribution is 2.39. The van der Waals surface area contributed by atoms with Gasteiger partial charge in [-0.25, -0.2) is 0 Å². The first-order valence-electron chi connectivity index (χ1n) is 8.84. The Morgan fingerprint density at radius 3 is 1.70 bits per heavy atom. The van der Waals surface area contributed by atoms with Crippen LogP contribution < -0.4 is 5.32 Å². The highest BCUT2D eigenvalue weighted by atomic mass is 16.3. The molecule has 0 heterocycles. The van der Waals surface area contributed by atoms with Crippen molar-refractivity contribution in [3.63, 3.8) is 0 Å². The topological polar surface area (TPSA) is 32.3 Å². The van der Waals surface area contributed by atoms with E-state index >= 15 is 0 Å². The maximum Gasteiger partial charge on any atom is 0.0540 e. The minimum atomic E-state index is -0.0149. The molecule has 0 unspecified atom stereocenters. The summed E-state index contributed by atoms with van der Waals surface area (Å²) in [7, 11) is 0. The van der Waals surface area contributed by atoms with E-state index in [1.807, 2.05) is 0 Å². The standard InChI is InChI=1S/C18H35NO/c1-18(2,3)16-8-4-14(5-9-16)12-19-13-15-6-10-17(20)11-7-15/h14-17,19-20H,4-13H2,1-3H3. The van der Waals surface area contributed by atoms with Crippen molar-refractivity contribution in [1.29, 1.82) is 0 Å². The van der Waals surface area contributed by atoms with Gasteiger partial charge < -0.3 is 10.4 Å². The molecule has 0 amide bonds. The van der Waals surface area contributed by atoms with Gasteiger partial charge in [0.1, 0.15) is 0 Å². The van der Waals surface area contributed by atoms with Gasteiger partial charge >= 0.3 is 0 Å². The molecule has 2 saturated carbocycles. The maximum absolute atomic E-state index is 9.53. The summed E-state index contributed by atoms with van der Waals surface area (Å²) in [5.74, 6) is 2.64. The van der Waals surface area contributed by atoms with E-state index in [1.165, 1.54) is 51.6 Å². The van der Waals surface area contributed by atoms with E-state index in [4.69, 9.17) is 0 Å². The molecule has 118 valence electrons. The van der Waals surface area contributed by atoms with E-state index in [1.54, 1.807) is 0 Å². The van der Waals surface area contributed by atoms with Gasteiger partial charge in [-0.1, -0.05) is 20.8 Å². The Bertz CT molecular complexity index is 268. The number of hydrogen-bond donors (Lipinski definition) is 2. The van der Waals surface area contributed by atoms with Crippen molar-refractivity contribution in [2.75, 3.05) is 13.1 Å². The van der Waals surface area contributed by atoms with Crippen LogP contribution in [0.25, 0.3) is 0 Å². The van der Waals surface area contributed by atoms with E-state index in [-0.39, 0.29) is 6.10 Å². The lowest BCUT2D eigenvalue weighted by Gasteiger charge is -2.37. The van der Waals surface area contributed by atoms with Crippen molar-refractivity contribution < 1.29 is 5.11 Å². The molecule has 0 bridgehead atoms. The molecular weight excluding hydrogens is 246 g/mol. The van der Waals surface area contributed by atoms with Crippen molar-refractivity contribution in [2.24, 2.45) is 23.2 Å². The summed E-state index contributed by atoms with van der Waals surface area (Å²) >= 11 is 0. The summed E-state index contributed by atoms with van der Waals surface area (Å²) in [6.07, 6.45) is 10.1. The SMILES string of the molecule is CC(C)(C)C1CCC(CNCC2CCC(O)CC2)CC1. The highest BCUT2D eigenvalue weighted by Gasteiger charge is 2.29. The zero-order valence-corrected chi connectivity index (χ0v) is 13.8. The fourth-order valence-electron chi connectivity index (χ4n) is 4.07. The second-order valence-electron chi connectivity index (χ2n) is 8.42. The van der Waals surface area contributed by atoms with Gasteiger partial charge in [0.15, 0.2) is 0 Å². The molecule has 2 N–H and O–H groups in total. The summed E-state index contributed by atoms with van der Waals surface area (Å²) in [4.78, 5) is 0. The van der Waals surface area contributed by atoms with Crippen LogP contribution in [0.2, 0.25) is 0 Å². The summed E-state index contributed by atoms with van der Waals surface area (Å²) in [6, 6.07) is 0. The van der Waals surface area contributed by atoms with Crippen LogP contribution in [0.4, 0.5) is 0 Å². The van der Waals surface area contributed by atoms with E-state index in [0.29, 0.717) is 5.41 Å². The summed E-state index contributed by atoms with van der Waals surface area (Å²) in [6.45, 7) is 9.58. The van der Waals surface area contributed by atoms with Crippen molar-refractivity contribution in [2.45, 2.75) is 78.2 Å². The minimum absolute atomic E-state index is 0.0149. The first-order chi connectivity index (χ1) is 9.45. The summed E-state index contributed by atoms with van der Waals surface area (Å²) < 4.78 is 0. The second-order valence-corrected chi connectivity index (χ2v) is 8.42. The van der Waals surface area contributed by atoms with Gasteiger partial charge in [-0.3, -0.25) is 0 Å². The predicted molar refractivity (Wildman–Crippen MR) is 85.7 cm³/mol. The normalized spacial score (nSPS) is 36.0. The van der Waals surface area contributed by atoms with Crippen molar-refractivity contribution in [1.82, 2.24) is 5.32 Å². The molecule has 0 atom stereocenters. The summed E-state index contributed by atoms with van der Waals surface area (Å²) in [5, 5.41) is 13.2. The number of rotatable bonds is 4. The first-order valence-corrected chi connectivity index (χ1v) is 8.84. The van der Waals surface area contributed by atoms with E-state index in [2.05, 4.69) is 26.1 Å². The Hall–Kier alpha value is -0.0800. The van der Waals surface area contributed by atoms with Crippen LogP contribution in [-0.2, 0) is 0 Å². The van der Waals surface area contributed by atoms with Gasteiger partial charge in [0.25, 0.3) is 0 Å². The zero-order valence-electron chi connectivity index (χ0n) is 13.8. The molecule has 2 aliphatic rings. The molecule has 0 aromatic carbocycles. The fraction of sp³-hybridized carbons (Fsp3) is 1.00. The largest absolute Gasteiger partial charge is 0.393 e. The zero-order chi connectivity index (χ0) is 14.6. The van der Waals surface area contributed by atoms with Crippen LogP contribution in [0, 0.1) is 23.2 Å². The van der Waals surface area contributed by atoms with Gasteiger partial charge in [-0.05, 0) is 87.6 Å². The smallest absolute Gasteiger partial charge is 0.0540 e. The third-order valence-electron chi connectivity index (χ3n) is 5.75. The van der Waals surface area contributed by atoms with Crippen LogP contribution in [-0.4, -0.2) is 24.3 Å². The number of hydrogen-bond acceptors (Lipinski definition) is 2. The van der Waals surface area contributed by atoms with Crippen molar-refractivity contribution in [3.05, 3.63) is 0 Å². The lowest BCUT2D eigenvalue weighted by atomic mass is 9.70. The molecular formula is C18H35NO. The Morgan fingerprint density at radius 1 is 0.800 bits per heavy atom. The molecule has 2 fully saturated rings. The van der Waals surface area contributed by atoms with Crippen molar-refractivity contribution in [3.8, 4) is 0 Å². The van der Waals surface area contributed by atoms with Crippen LogP contribution in [0.1, 0.15) is 72.1 Å². The fourth-order valence-corrected chi connectivity index (χ4v) is 4.07. The van der Waals surface area contributed by atoms with Crippen LogP contribution in [0.15, 0.2) is 0 Å². The monoisotopic (exact) mass is 281 g/mol. The second kappa shape index (κ2) is 7.26. The van der Waals surface area contributed by atoms with E-state index < -0.39 is 0 Å². The van der Waals surface area contributed by atoms with Gasteiger partial charge in [-0.2, -0.15) is 0 Å². The molecule has 20 heavy (non-hydrogen) atoms. The molecule has 0 aromatic rings. The quantitative estimate of drug-likeness (QED) is 0.817. The van der Waals surface area contributed by atoms with Crippen LogP contribution >= 0.6 is 0 Å². The van der Waals surface area contributed by atoms with Gasteiger partial charge in [0.05, 0.1) is 6.10 Å². The van der Waals surface area contributed by atoms with Gasteiger partial charge in [0, 0.05) is 0 Å². The molecule has 2 nitrogen and oxygen atoms in total. The Labute approximate surface area is 125 Å². The third kappa shape index (κ3) is 5.04. The number of aliphatic hydroxyl groups is 1. The average molecular weight is 281 g/mol. The Balaban J connectivity index is 1.57. The molecule has 2 heteroatoms. The van der Waals surface area contributed by atoms with E-state index in [9.17, 15) is 5.11 Å². The van der Waals surface area contributed by atoms with Gasteiger partial charge in [0.2, 0.25) is 0 Å². The van der Waals surface area contributed by atoms with Crippen molar-refractivity contribution >= 4 is 0 Å². The maximum atomic E-state index is 9.53. The molecule has 0 spiro atoms. The minimum Gasteiger partial charge on any atom is -0.393 e. The first kappa shape index (κ1) is 16.3. The number of nitrogens with one attached hydrogen (secondary N) is 1. The third-order valence-corrected chi connectivity index (χ3v) is 5.75. The highest BCUT2D eigenvalue weighted by molar-refractivity contribution is 4.81. The molecule has 0 saturated heterocycles. The van der Waals surface area contributed by atoms with Crippen LogP contribution in [0.5, 0.6) is 0 Å². The number of aliphatic hydroxyl groups excluding tert-OH is 1. The molecule has 2 rings (SSSR count). The lowest BCUT2D eigenvalue weighted by molar-refractivity contribution is 0.107. The average Bonchev–Trinajstić information content (AvgIpc) is 2.41. The summed E-state index contributed by atoms with van der Waals surface area (Å²) in [5.41, 5.74) is 0.501. The molecule has 0 aliphatic heterocycles. The van der Waals surface area contributed by atoms with E-state index in [0.717, 1.165) is 30.6 Å². The Morgan fingerprint density at radius 2 is 1.25 bits per heavy atom. The predicted octanol–water partition coefficient (Wildman–Crippen LogP) is 3.98. The molecule has 0 aromatic heterocycles. The molecule has 2 aliphatic carbocycles.